The summed E-state index contributed by atoms with van der Waals surface area (Å²) in [6, 6.07) is 8.04. The Morgan fingerprint density at radius 2 is 2.25 bits per heavy atom. The maximum absolute atomic E-state index is 10.6. The first-order chi connectivity index (χ1) is 7.66. The lowest BCUT2D eigenvalue weighted by molar-refractivity contribution is -0.137. The molecule has 0 saturated carbocycles. The van der Waals surface area contributed by atoms with Crippen molar-refractivity contribution in [3.8, 4) is 0 Å². The normalized spacial score (nSPS) is 12.6. The van der Waals surface area contributed by atoms with Crippen LogP contribution in [0.5, 0.6) is 0 Å². The van der Waals surface area contributed by atoms with E-state index in [1.807, 2.05) is 30.5 Å². The number of aliphatic carboxylic acids is 1. The van der Waals surface area contributed by atoms with Crippen LogP contribution in [0.2, 0.25) is 0 Å². The van der Waals surface area contributed by atoms with Crippen LogP contribution in [-0.2, 0) is 4.79 Å². The number of carboxylic acid groups (broad SMARTS) is 1. The molecule has 1 aromatic heterocycles. The van der Waals surface area contributed by atoms with Crippen molar-refractivity contribution in [1.82, 2.24) is 0 Å². The third kappa shape index (κ3) is 2.33. The molecule has 16 heavy (non-hydrogen) atoms. The van der Waals surface area contributed by atoms with E-state index in [2.05, 4.69) is 11.4 Å². The second kappa shape index (κ2) is 4.53. The van der Waals surface area contributed by atoms with Crippen LogP contribution >= 0.6 is 11.3 Å². The molecule has 0 saturated heterocycles. The Hall–Kier alpha value is -1.55. The van der Waals surface area contributed by atoms with Gasteiger partial charge in [-0.3, -0.25) is 4.79 Å². The molecule has 0 aliphatic rings. The highest BCUT2D eigenvalue weighted by atomic mass is 32.1. The van der Waals surface area contributed by atoms with Crippen LogP contribution in [0.15, 0.2) is 29.6 Å². The molecule has 0 radical (unpaired) electrons. The number of hydrogen-bond acceptors (Lipinski definition) is 3. The van der Waals surface area contributed by atoms with Crippen LogP contribution < -0.4 is 5.32 Å². The van der Waals surface area contributed by atoms with E-state index in [1.165, 1.54) is 4.70 Å². The van der Waals surface area contributed by atoms with Gasteiger partial charge in [0.1, 0.15) is 0 Å². The number of benzene rings is 1. The van der Waals surface area contributed by atoms with E-state index in [0.29, 0.717) is 0 Å². The molecule has 0 amide bonds. The van der Waals surface area contributed by atoms with Gasteiger partial charge < -0.3 is 10.4 Å². The Kier molecular flexibility index (Phi) is 3.10. The van der Waals surface area contributed by atoms with E-state index in [4.69, 9.17) is 5.11 Å². The van der Waals surface area contributed by atoms with Crippen molar-refractivity contribution in [3.05, 3.63) is 29.6 Å². The van der Waals surface area contributed by atoms with E-state index in [-0.39, 0.29) is 12.5 Å². The average molecular weight is 235 g/mol. The highest BCUT2D eigenvalue weighted by Gasteiger charge is 2.09. The SMILES string of the molecule is C[C@@H](CC(=O)O)Nc1csc2ccccc12. The average Bonchev–Trinajstić information content (AvgIpc) is 2.61. The number of anilines is 1. The number of nitrogens with one attached hydrogen (secondary N) is 1. The first-order valence-electron chi connectivity index (χ1n) is 5.11. The quantitative estimate of drug-likeness (QED) is 0.855. The highest BCUT2D eigenvalue weighted by molar-refractivity contribution is 7.17. The van der Waals surface area contributed by atoms with Crippen molar-refractivity contribution < 1.29 is 9.90 Å². The molecular formula is C12H13NO2S. The molecule has 0 unspecified atom stereocenters. The zero-order valence-electron chi connectivity index (χ0n) is 8.93. The largest absolute Gasteiger partial charge is 0.481 e. The van der Waals surface area contributed by atoms with Crippen LogP contribution in [0, 0.1) is 0 Å². The molecule has 2 N–H and O–H groups in total. The van der Waals surface area contributed by atoms with Crippen molar-refractivity contribution in [1.29, 1.82) is 0 Å². The Bertz CT molecular complexity index is 506. The first kappa shape index (κ1) is 11.0. The Morgan fingerprint density at radius 3 is 3.00 bits per heavy atom. The minimum atomic E-state index is -0.778. The Balaban J connectivity index is 2.18. The zero-order chi connectivity index (χ0) is 11.5. The lowest BCUT2D eigenvalue weighted by atomic mass is 10.2. The predicted octanol–water partition coefficient (Wildman–Crippen LogP) is 3.18. The fourth-order valence-corrected chi connectivity index (χ4v) is 2.57. The van der Waals surface area contributed by atoms with Crippen molar-refractivity contribution in [3.63, 3.8) is 0 Å². The van der Waals surface area contributed by atoms with Gasteiger partial charge in [-0.25, -0.2) is 0 Å². The van der Waals surface area contributed by atoms with Crippen LogP contribution in [0.1, 0.15) is 13.3 Å². The van der Waals surface area contributed by atoms with Gasteiger partial charge in [-0.1, -0.05) is 18.2 Å². The lowest BCUT2D eigenvalue weighted by Gasteiger charge is -2.11. The van der Waals surface area contributed by atoms with E-state index in [1.54, 1.807) is 11.3 Å². The van der Waals surface area contributed by atoms with Crippen LogP contribution in [-0.4, -0.2) is 17.1 Å². The van der Waals surface area contributed by atoms with Gasteiger partial charge in [0.05, 0.1) is 12.1 Å². The number of carbonyl (C=O) groups is 1. The monoisotopic (exact) mass is 235 g/mol. The second-order valence-corrected chi connectivity index (χ2v) is 4.70. The van der Waals surface area contributed by atoms with Gasteiger partial charge in [-0.15, -0.1) is 11.3 Å². The van der Waals surface area contributed by atoms with Crippen molar-refractivity contribution in [2.75, 3.05) is 5.32 Å². The van der Waals surface area contributed by atoms with E-state index >= 15 is 0 Å². The number of hydrogen-bond donors (Lipinski definition) is 2. The minimum absolute atomic E-state index is 0.0597. The number of fused-ring (bicyclic) bond motifs is 1. The maximum Gasteiger partial charge on any atom is 0.305 e. The molecule has 2 rings (SSSR count). The molecular weight excluding hydrogens is 222 g/mol. The lowest BCUT2D eigenvalue weighted by Crippen LogP contribution is -2.18. The molecule has 3 nitrogen and oxygen atoms in total. The zero-order valence-corrected chi connectivity index (χ0v) is 9.75. The molecule has 0 fully saturated rings. The standard InChI is InChI=1S/C12H13NO2S/c1-8(6-12(14)15)13-10-7-16-11-5-3-2-4-9(10)11/h2-5,7-8,13H,6H2,1H3,(H,14,15)/t8-/m0/s1. The summed E-state index contributed by atoms with van der Waals surface area (Å²) in [5.41, 5.74) is 1.02. The molecule has 0 aliphatic heterocycles. The van der Waals surface area contributed by atoms with Gasteiger partial charge in [0.15, 0.2) is 0 Å². The molecule has 0 bridgehead atoms. The second-order valence-electron chi connectivity index (χ2n) is 3.79. The summed E-state index contributed by atoms with van der Waals surface area (Å²) in [6.07, 6.45) is 0.129. The summed E-state index contributed by atoms with van der Waals surface area (Å²) in [6.45, 7) is 1.88. The third-order valence-electron chi connectivity index (χ3n) is 2.36. The summed E-state index contributed by atoms with van der Waals surface area (Å²) < 4.78 is 1.22. The smallest absolute Gasteiger partial charge is 0.305 e. The fraction of sp³-hybridized carbons (Fsp3) is 0.250. The molecule has 1 aromatic carbocycles. The summed E-state index contributed by atoms with van der Waals surface area (Å²) in [7, 11) is 0. The van der Waals surface area contributed by atoms with Crippen LogP contribution in [0.25, 0.3) is 10.1 Å². The topological polar surface area (TPSA) is 49.3 Å². The Morgan fingerprint density at radius 1 is 1.50 bits per heavy atom. The van der Waals surface area contributed by atoms with Gasteiger partial charge in [-0.2, -0.15) is 0 Å². The van der Waals surface area contributed by atoms with E-state index in [0.717, 1.165) is 11.1 Å². The van der Waals surface area contributed by atoms with Crippen molar-refractivity contribution in [2.45, 2.75) is 19.4 Å². The number of carboxylic acids is 1. The van der Waals surface area contributed by atoms with Gasteiger partial charge >= 0.3 is 5.97 Å². The summed E-state index contributed by atoms with van der Waals surface area (Å²) >= 11 is 1.66. The number of thiophene rings is 1. The Labute approximate surface area is 97.7 Å². The molecule has 0 spiro atoms. The van der Waals surface area contributed by atoms with Crippen molar-refractivity contribution >= 4 is 33.1 Å². The van der Waals surface area contributed by atoms with Crippen LogP contribution in [0.3, 0.4) is 0 Å². The molecule has 4 heteroatoms. The molecule has 0 aliphatic carbocycles. The van der Waals surface area contributed by atoms with Gasteiger partial charge in [0, 0.05) is 21.5 Å². The summed E-state index contributed by atoms with van der Waals surface area (Å²) in [4.78, 5) is 10.6. The van der Waals surface area contributed by atoms with Gasteiger partial charge in [0.2, 0.25) is 0 Å². The predicted molar refractivity (Wildman–Crippen MR) is 67.2 cm³/mol. The van der Waals surface area contributed by atoms with Gasteiger partial charge in [-0.05, 0) is 13.0 Å². The molecule has 84 valence electrons. The molecule has 2 aromatic rings. The van der Waals surface area contributed by atoms with E-state index in [9.17, 15) is 4.79 Å². The molecule has 1 heterocycles. The maximum atomic E-state index is 10.6. The fourth-order valence-electron chi connectivity index (χ4n) is 1.67. The van der Waals surface area contributed by atoms with Crippen molar-refractivity contribution in [2.24, 2.45) is 0 Å². The molecule has 1 atom stereocenters. The summed E-state index contributed by atoms with van der Waals surface area (Å²) in [5.74, 6) is -0.778. The summed E-state index contributed by atoms with van der Waals surface area (Å²) in [5, 5.41) is 15.1. The minimum Gasteiger partial charge on any atom is -0.481 e. The third-order valence-corrected chi connectivity index (χ3v) is 3.33. The van der Waals surface area contributed by atoms with E-state index < -0.39 is 5.97 Å². The highest BCUT2D eigenvalue weighted by Crippen LogP contribution is 2.30. The van der Waals surface area contributed by atoms with Gasteiger partial charge in [0.25, 0.3) is 0 Å². The first-order valence-corrected chi connectivity index (χ1v) is 5.99. The number of rotatable bonds is 4. The van der Waals surface area contributed by atoms with Crippen LogP contribution in [0.4, 0.5) is 5.69 Å².